The van der Waals surface area contributed by atoms with E-state index in [1.807, 2.05) is 0 Å². The van der Waals surface area contributed by atoms with Crippen molar-refractivity contribution in [3.05, 3.63) is 0 Å². The Hall–Kier alpha value is -0.440. The zero-order chi connectivity index (χ0) is 15.8. The number of rotatable bonds is 7. The molecular formula is C14H19F2O5S-. The van der Waals surface area contributed by atoms with Crippen LogP contribution in [-0.2, 0) is 18.9 Å². The minimum Gasteiger partial charge on any atom is -0.691 e. The van der Waals surface area contributed by atoms with E-state index in [9.17, 15) is 18.8 Å². The van der Waals surface area contributed by atoms with Crippen molar-refractivity contribution in [1.82, 2.24) is 0 Å². The van der Waals surface area contributed by atoms with Gasteiger partial charge in [-0.2, -0.15) is 13.1 Å². The topological polar surface area (TPSA) is 67.8 Å². The van der Waals surface area contributed by atoms with Gasteiger partial charge in [-0.15, -0.1) is 0 Å². The molecule has 4 saturated carbocycles. The predicted octanol–water partition coefficient (Wildman–Crippen LogP) is 2.60. The molecule has 5 nitrogen and oxygen atoms in total. The van der Waals surface area contributed by atoms with Crippen LogP contribution in [0.25, 0.3) is 0 Å². The van der Waals surface area contributed by atoms with Crippen molar-refractivity contribution in [2.75, 3.05) is 6.61 Å². The quantitative estimate of drug-likeness (QED) is 0.308. The zero-order valence-corrected chi connectivity index (χ0v) is 12.9. The molecule has 0 radical (unpaired) electrons. The maximum Gasteiger partial charge on any atom is 0.415 e. The van der Waals surface area contributed by atoms with Crippen LogP contribution in [0.1, 0.15) is 44.9 Å². The maximum atomic E-state index is 13.2. The van der Waals surface area contributed by atoms with Gasteiger partial charge in [-0.05, 0) is 68.1 Å². The molecule has 0 unspecified atom stereocenters. The highest BCUT2D eigenvalue weighted by Crippen LogP contribution is 2.61. The van der Waals surface area contributed by atoms with Crippen LogP contribution in [0.3, 0.4) is 0 Å². The number of carbonyl (C=O) groups excluding carboxylic acids is 1. The number of hydrogen-bond acceptors (Lipinski definition) is 6. The number of alkyl halides is 2. The Morgan fingerprint density at radius 1 is 1.18 bits per heavy atom. The van der Waals surface area contributed by atoms with Gasteiger partial charge in [0.1, 0.15) is 12.0 Å². The molecule has 0 aliphatic heterocycles. The first kappa shape index (κ1) is 16.4. The second kappa shape index (κ2) is 6.22. The lowest BCUT2D eigenvalue weighted by Crippen LogP contribution is -2.46. The van der Waals surface area contributed by atoms with E-state index >= 15 is 0 Å². The fraction of sp³-hybridized carbons (Fsp3) is 0.929. The molecule has 4 aliphatic rings. The van der Waals surface area contributed by atoms with Gasteiger partial charge in [0.05, 0.1) is 6.61 Å². The van der Waals surface area contributed by atoms with Crippen molar-refractivity contribution < 1.29 is 32.9 Å². The van der Waals surface area contributed by atoms with Crippen LogP contribution in [0.15, 0.2) is 0 Å². The Labute approximate surface area is 131 Å². The van der Waals surface area contributed by atoms with Crippen molar-refractivity contribution in [3.63, 3.8) is 0 Å². The van der Waals surface area contributed by atoms with Gasteiger partial charge >= 0.3 is 11.2 Å². The predicted molar refractivity (Wildman–Crippen MR) is 70.9 cm³/mol. The molecule has 0 spiro atoms. The van der Waals surface area contributed by atoms with E-state index in [2.05, 4.69) is 9.37 Å². The monoisotopic (exact) mass is 337 g/mol. The second-order valence-corrected chi connectivity index (χ2v) is 7.86. The third-order valence-corrected chi connectivity index (χ3v) is 5.93. The minimum atomic E-state index is -3.94. The molecule has 8 heteroatoms. The summed E-state index contributed by atoms with van der Waals surface area (Å²) in [7, 11) is 0. The molecule has 0 heterocycles. The summed E-state index contributed by atoms with van der Waals surface area (Å²) in [4.78, 5) is 11.3. The summed E-state index contributed by atoms with van der Waals surface area (Å²) in [5.74, 6) is 0.601. The molecule has 0 aromatic heterocycles. The molecule has 0 aromatic carbocycles. The first-order valence-electron chi connectivity index (χ1n) is 7.62. The number of halogens is 2. The lowest BCUT2D eigenvalue weighted by atomic mass is 9.49. The summed E-state index contributed by atoms with van der Waals surface area (Å²) in [6.07, 6.45) is 7.96. The highest BCUT2D eigenvalue weighted by molar-refractivity contribution is 7.96. The SMILES string of the molecule is O=C(OCCC12CC3CC(CC(C3)C1)C2)C(F)(F)SOO[O-]. The van der Waals surface area contributed by atoms with Crippen LogP contribution in [0.5, 0.6) is 0 Å². The van der Waals surface area contributed by atoms with Gasteiger partial charge in [0, 0.05) is 0 Å². The highest BCUT2D eigenvalue weighted by Gasteiger charge is 2.51. The fourth-order valence-electron chi connectivity index (χ4n) is 5.13. The van der Waals surface area contributed by atoms with Gasteiger partial charge in [-0.25, -0.2) is 4.79 Å². The average molecular weight is 337 g/mol. The van der Waals surface area contributed by atoms with Crippen molar-refractivity contribution in [2.45, 2.75) is 50.2 Å². The summed E-state index contributed by atoms with van der Waals surface area (Å²) >= 11 is -0.646. The Morgan fingerprint density at radius 2 is 1.73 bits per heavy atom. The zero-order valence-electron chi connectivity index (χ0n) is 12.1. The first-order valence-corrected chi connectivity index (χ1v) is 8.36. The van der Waals surface area contributed by atoms with Crippen molar-refractivity contribution in [1.29, 1.82) is 0 Å². The van der Waals surface area contributed by atoms with Crippen LogP contribution < -0.4 is 5.26 Å². The van der Waals surface area contributed by atoms with E-state index in [4.69, 9.17) is 4.74 Å². The van der Waals surface area contributed by atoms with E-state index in [1.165, 1.54) is 19.3 Å². The van der Waals surface area contributed by atoms with Crippen molar-refractivity contribution >= 4 is 18.0 Å². The highest BCUT2D eigenvalue weighted by atomic mass is 32.2. The smallest absolute Gasteiger partial charge is 0.415 e. The third kappa shape index (κ3) is 3.39. The fourth-order valence-corrected chi connectivity index (χ4v) is 5.37. The van der Waals surface area contributed by atoms with Crippen LogP contribution >= 0.6 is 12.0 Å². The normalized spacial score (nSPS) is 36.6. The maximum absolute atomic E-state index is 13.2. The van der Waals surface area contributed by atoms with Gasteiger partial charge < -0.3 is 9.99 Å². The molecule has 4 aliphatic carbocycles. The molecule has 4 fully saturated rings. The minimum absolute atomic E-state index is 0.0145. The second-order valence-electron chi connectivity index (χ2n) is 7.04. The standard InChI is InChI=1S/C14H20F2O5S/c15-14(16,22-21-20-18)12(17)19-2-1-13-6-9-3-10(7-13)5-11(4-9)8-13/h9-11,18H,1-8H2/p-1. The molecule has 4 bridgehead atoms. The van der Waals surface area contributed by atoms with E-state index in [1.54, 1.807) is 0 Å². The summed E-state index contributed by atoms with van der Waals surface area (Å²) in [5.41, 5.74) is 0.173. The third-order valence-electron chi connectivity index (χ3n) is 5.43. The van der Waals surface area contributed by atoms with E-state index in [-0.39, 0.29) is 12.0 Å². The molecule has 0 N–H and O–H groups in total. The largest absolute Gasteiger partial charge is 0.691 e. The molecule has 22 heavy (non-hydrogen) atoms. The van der Waals surface area contributed by atoms with Crippen LogP contribution in [0.2, 0.25) is 0 Å². The van der Waals surface area contributed by atoms with Crippen LogP contribution in [0, 0.1) is 23.2 Å². The van der Waals surface area contributed by atoms with Crippen LogP contribution in [0.4, 0.5) is 8.78 Å². The van der Waals surface area contributed by atoms with Crippen molar-refractivity contribution in [3.8, 4) is 0 Å². The number of hydrogen-bond donors (Lipinski definition) is 0. The Bertz CT molecular complexity index is 396. The lowest BCUT2D eigenvalue weighted by Gasteiger charge is -2.57. The summed E-state index contributed by atoms with van der Waals surface area (Å²) in [6.45, 7) is -0.0145. The Morgan fingerprint density at radius 3 is 2.23 bits per heavy atom. The van der Waals surface area contributed by atoms with Crippen LogP contribution in [-0.4, -0.2) is 17.8 Å². The van der Waals surface area contributed by atoms with Gasteiger partial charge in [-0.1, -0.05) is 0 Å². The number of ether oxygens (including phenoxy) is 1. The number of esters is 1. The molecule has 0 atom stereocenters. The van der Waals surface area contributed by atoms with E-state index < -0.39 is 23.3 Å². The summed E-state index contributed by atoms with van der Waals surface area (Å²) < 4.78 is 34.7. The molecule has 4 rings (SSSR count). The lowest BCUT2D eigenvalue weighted by molar-refractivity contribution is -0.777. The summed E-state index contributed by atoms with van der Waals surface area (Å²) in [5, 5.41) is 8.43. The van der Waals surface area contributed by atoms with Gasteiger partial charge in [0.2, 0.25) is 0 Å². The van der Waals surface area contributed by atoms with Gasteiger partial charge in [0.15, 0.2) is 0 Å². The first-order chi connectivity index (χ1) is 10.4. The Kier molecular flexibility index (Phi) is 4.64. The van der Waals surface area contributed by atoms with Gasteiger partial charge in [0.25, 0.3) is 0 Å². The number of carbonyl (C=O) groups is 1. The van der Waals surface area contributed by atoms with E-state index in [0.717, 1.165) is 37.0 Å². The molecule has 126 valence electrons. The molecule has 0 saturated heterocycles. The van der Waals surface area contributed by atoms with E-state index in [0.29, 0.717) is 6.42 Å². The molecular weight excluding hydrogens is 318 g/mol. The Balaban J connectivity index is 1.48. The molecule has 0 amide bonds. The van der Waals surface area contributed by atoms with Gasteiger partial charge in [-0.3, -0.25) is 5.04 Å². The summed E-state index contributed by atoms with van der Waals surface area (Å²) in [6, 6.07) is 0. The van der Waals surface area contributed by atoms with Crippen molar-refractivity contribution in [2.24, 2.45) is 23.2 Å². The average Bonchev–Trinajstić information content (AvgIpc) is 2.43. The molecule has 0 aromatic rings.